The Morgan fingerprint density at radius 1 is 1.36 bits per heavy atom. The highest BCUT2D eigenvalue weighted by Crippen LogP contribution is 2.33. The molecule has 2 aromatic rings. The van der Waals surface area contributed by atoms with E-state index in [0.29, 0.717) is 12.0 Å². The van der Waals surface area contributed by atoms with Gasteiger partial charge in [-0.2, -0.15) is 0 Å². The van der Waals surface area contributed by atoms with Crippen molar-refractivity contribution in [2.24, 2.45) is 0 Å². The highest BCUT2D eigenvalue weighted by Gasteiger charge is 2.30. The van der Waals surface area contributed by atoms with Gasteiger partial charge in [-0.25, -0.2) is 9.97 Å². The van der Waals surface area contributed by atoms with E-state index in [-0.39, 0.29) is 0 Å². The smallest absolute Gasteiger partial charge is 0.160 e. The molecule has 2 fully saturated rings. The van der Waals surface area contributed by atoms with Gasteiger partial charge in [-0.05, 0) is 44.5 Å². The van der Waals surface area contributed by atoms with Crippen molar-refractivity contribution in [3.8, 4) is 0 Å². The summed E-state index contributed by atoms with van der Waals surface area (Å²) in [5.74, 6) is 1.61. The molecule has 0 bridgehead atoms. The van der Waals surface area contributed by atoms with Gasteiger partial charge in [0.15, 0.2) is 5.65 Å². The van der Waals surface area contributed by atoms with Crippen molar-refractivity contribution in [3.63, 3.8) is 0 Å². The monoisotopic (exact) mass is 300 g/mol. The third kappa shape index (κ3) is 2.42. The fourth-order valence-corrected chi connectivity index (χ4v) is 3.86. The van der Waals surface area contributed by atoms with E-state index in [1.54, 1.807) is 0 Å². The predicted molar refractivity (Wildman–Crippen MR) is 86.1 cm³/mol. The van der Waals surface area contributed by atoms with Crippen LogP contribution in [-0.4, -0.2) is 52.3 Å². The number of imidazole rings is 1. The lowest BCUT2D eigenvalue weighted by Gasteiger charge is -2.33. The van der Waals surface area contributed by atoms with Gasteiger partial charge in [-0.3, -0.25) is 0 Å². The minimum atomic E-state index is 0.422. The van der Waals surface area contributed by atoms with E-state index in [1.165, 1.54) is 25.2 Å². The third-order valence-electron chi connectivity index (χ3n) is 5.06. The lowest BCUT2D eigenvalue weighted by atomic mass is 10.0. The number of hydrogen-bond donors (Lipinski definition) is 0. The average Bonchev–Trinajstić information content (AvgIpc) is 3.22. The maximum atomic E-state index is 5.61. The van der Waals surface area contributed by atoms with Gasteiger partial charge < -0.3 is 14.2 Å². The Balaban J connectivity index is 1.78. The SMILES string of the molecule is CCN1CCCC(n2c(C3CCOC3)nc3cccnc32)C1. The number of rotatable bonds is 3. The number of nitrogens with zero attached hydrogens (tertiary/aromatic N) is 4. The van der Waals surface area contributed by atoms with Crippen molar-refractivity contribution in [2.45, 2.75) is 38.1 Å². The second-order valence-corrected chi connectivity index (χ2v) is 6.44. The van der Waals surface area contributed by atoms with E-state index in [9.17, 15) is 0 Å². The van der Waals surface area contributed by atoms with Crippen LogP contribution in [0.5, 0.6) is 0 Å². The number of pyridine rings is 1. The van der Waals surface area contributed by atoms with Crippen LogP contribution in [0.1, 0.15) is 44.0 Å². The Morgan fingerprint density at radius 2 is 2.32 bits per heavy atom. The average molecular weight is 300 g/mol. The number of hydrogen-bond acceptors (Lipinski definition) is 4. The van der Waals surface area contributed by atoms with Crippen LogP contribution < -0.4 is 0 Å². The second-order valence-electron chi connectivity index (χ2n) is 6.44. The van der Waals surface area contributed by atoms with E-state index >= 15 is 0 Å². The molecule has 2 aliphatic heterocycles. The normalized spacial score (nSPS) is 26.8. The quantitative estimate of drug-likeness (QED) is 0.874. The van der Waals surface area contributed by atoms with Gasteiger partial charge in [0.2, 0.25) is 0 Å². The summed E-state index contributed by atoms with van der Waals surface area (Å²) in [7, 11) is 0. The van der Waals surface area contributed by atoms with E-state index in [2.05, 4.69) is 27.4 Å². The molecule has 5 heteroatoms. The zero-order chi connectivity index (χ0) is 14.9. The molecule has 4 rings (SSSR count). The zero-order valence-electron chi connectivity index (χ0n) is 13.2. The van der Waals surface area contributed by atoms with Crippen molar-refractivity contribution >= 4 is 11.2 Å². The summed E-state index contributed by atoms with van der Waals surface area (Å²) >= 11 is 0. The van der Waals surface area contributed by atoms with Crippen LogP contribution in [0.2, 0.25) is 0 Å². The van der Waals surface area contributed by atoms with Gasteiger partial charge in [-0.1, -0.05) is 6.92 Å². The van der Waals surface area contributed by atoms with Crippen molar-refractivity contribution < 1.29 is 4.74 Å². The molecule has 0 radical (unpaired) electrons. The molecular weight excluding hydrogens is 276 g/mol. The number of ether oxygens (including phenoxy) is 1. The molecule has 118 valence electrons. The molecule has 0 spiro atoms. The fourth-order valence-electron chi connectivity index (χ4n) is 3.86. The first-order chi connectivity index (χ1) is 10.9. The Bertz CT molecular complexity index is 647. The molecule has 0 amide bonds. The Kier molecular flexibility index (Phi) is 3.84. The van der Waals surface area contributed by atoms with E-state index in [1.807, 2.05) is 12.3 Å². The Morgan fingerprint density at radius 3 is 3.14 bits per heavy atom. The van der Waals surface area contributed by atoms with Gasteiger partial charge in [0.1, 0.15) is 11.3 Å². The summed E-state index contributed by atoms with van der Waals surface area (Å²) in [5, 5.41) is 0. The molecule has 0 aliphatic carbocycles. The number of likely N-dealkylation sites (N-methyl/N-ethyl adjacent to an activating group) is 1. The van der Waals surface area contributed by atoms with Crippen molar-refractivity contribution in [1.29, 1.82) is 0 Å². The van der Waals surface area contributed by atoms with Gasteiger partial charge in [0.25, 0.3) is 0 Å². The molecule has 0 aromatic carbocycles. The van der Waals surface area contributed by atoms with Crippen LogP contribution in [0.4, 0.5) is 0 Å². The molecule has 4 heterocycles. The summed E-state index contributed by atoms with van der Waals surface area (Å²) in [6.45, 7) is 7.35. The van der Waals surface area contributed by atoms with E-state index in [4.69, 9.17) is 9.72 Å². The Hall–Kier alpha value is -1.46. The maximum Gasteiger partial charge on any atom is 0.160 e. The largest absolute Gasteiger partial charge is 0.381 e. The number of piperidine rings is 1. The molecule has 2 atom stereocenters. The first kappa shape index (κ1) is 14.2. The number of fused-ring (bicyclic) bond motifs is 1. The minimum absolute atomic E-state index is 0.422. The van der Waals surface area contributed by atoms with Crippen LogP contribution in [-0.2, 0) is 4.74 Å². The van der Waals surface area contributed by atoms with Gasteiger partial charge >= 0.3 is 0 Å². The number of likely N-dealkylation sites (tertiary alicyclic amines) is 1. The zero-order valence-corrected chi connectivity index (χ0v) is 13.2. The fraction of sp³-hybridized carbons (Fsp3) is 0.647. The van der Waals surface area contributed by atoms with E-state index in [0.717, 1.165) is 43.9 Å². The molecule has 2 aliphatic rings. The van der Waals surface area contributed by atoms with Crippen molar-refractivity contribution in [2.75, 3.05) is 32.8 Å². The summed E-state index contributed by atoms with van der Waals surface area (Å²) in [6.07, 6.45) is 5.44. The van der Waals surface area contributed by atoms with Crippen LogP contribution in [0.3, 0.4) is 0 Å². The summed E-state index contributed by atoms with van der Waals surface area (Å²) in [4.78, 5) is 12.1. The molecule has 2 unspecified atom stereocenters. The summed E-state index contributed by atoms with van der Waals surface area (Å²) < 4.78 is 8.04. The van der Waals surface area contributed by atoms with Gasteiger partial charge in [0, 0.05) is 31.3 Å². The highest BCUT2D eigenvalue weighted by molar-refractivity contribution is 5.71. The van der Waals surface area contributed by atoms with Crippen molar-refractivity contribution in [1.82, 2.24) is 19.4 Å². The first-order valence-corrected chi connectivity index (χ1v) is 8.49. The maximum absolute atomic E-state index is 5.61. The topological polar surface area (TPSA) is 43.2 Å². The third-order valence-corrected chi connectivity index (χ3v) is 5.06. The molecular formula is C17H24N4O. The van der Waals surface area contributed by atoms with E-state index < -0.39 is 0 Å². The molecule has 5 nitrogen and oxygen atoms in total. The number of aromatic nitrogens is 3. The molecule has 0 N–H and O–H groups in total. The summed E-state index contributed by atoms with van der Waals surface area (Å²) in [5.41, 5.74) is 2.07. The molecule has 0 saturated carbocycles. The van der Waals surface area contributed by atoms with Crippen LogP contribution in [0.15, 0.2) is 18.3 Å². The van der Waals surface area contributed by atoms with Crippen LogP contribution in [0.25, 0.3) is 11.2 Å². The Labute approximate surface area is 131 Å². The molecule has 2 saturated heterocycles. The summed E-state index contributed by atoms with van der Waals surface area (Å²) in [6, 6.07) is 4.55. The lowest BCUT2D eigenvalue weighted by Crippen LogP contribution is -2.37. The highest BCUT2D eigenvalue weighted by atomic mass is 16.5. The van der Waals surface area contributed by atoms with Crippen molar-refractivity contribution in [3.05, 3.63) is 24.2 Å². The molecule has 2 aromatic heterocycles. The van der Waals surface area contributed by atoms with Gasteiger partial charge in [-0.15, -0.1) is 0 Å². The van der Waals surface area contributed by atoms with Crippen LogP contribution >= 0.6 is 0 Å². The predicted octanol–water partition coefficient (Wildman–Crippen LogP) is 2.59. The standard InChI is InChI=1S/C17H24N4O/c1-2-20-9-4-5-14(11-20)21-16(13-7-10-22-12-13)19-15-6-3-8-18-17(15)21/h3,6,8,13-14H,2,4-5,7,9-12H2,1H3. The second kappa shape index (κ2) is 5.97. The minimum Gasteiger partial charge on any atom is -0.381 e. The molecule has 22 heavy (non-hydrogen) atoms. The van der Waals surface area contributed by atoms with Crippen LogP contribution in [0, 0.1) is 0 Å². The first-order valence-electron chi connectivity index (χ1n) is 8.49. The lowest BCUT2D eigenvalue weighted by molar-refractivity contribution is 0.179. The van der Waals surface area contributed by atoms with Gasteiger partial charge in [0.05, 0.1) is 6.61 Å².